The molecule has 0 bridgehead atoms. The molecule has 0 saturated heterocycles. The smallest absolute Gasteiger partial charge is 0.214 e. The van der Waals surface area contributed by atoms with Gasteiger partial charge in [-0.15, -0.1) is 11.3 Å². The molecule has 17 heavy (non-hydrogen) atoms. The van der Waals surface area contributed by atoms with Crippen molar-refractivity contribution in [3.05, 3.63) is 47.6 Å². The van der Waals surface area contributed by atoms with Crippen molar-refractivity contribution >= 4 is 21.6 Å². The quantitative estimate of drug-likeness (QED) is 0.598. The van der Waals surface area contributed by atoms with E-state index in [4.69, 9.17) is 0 Å². The van der Waals surface area contributed by atoms with E-state index < -0.39 is 0 Å². The molecule has 3 aromatic rings. The fraction of sp³-hybridized carbons (Fsp3) is 0.143. The number of aryl methyl sites for hydroxylation is 2. The molecule has 2 aromatic heterocycles. The summed E-state index contributed by atoms with van der Waals surface area (Å²) in [5, 5.41) is 0. The van der Waals surface area contributed by atoms with Gasteiger partial charge in [0.25, 0.3) is 0 Å². The fourth-order valence-corrected chi connectivity index (χ4v) is 2.76. The van der Waals surface area contributed by atoms with Crippen LogP contribution in [0.3, 0.4) is 0 Å². The Balaban J connectivity index is 2.30. The molecule has 0 saturated carbocycles. The van der Waals surface area contributed by atoms with Crippen molar-refractivity contribution in [2.45, 2.75) is 6.92 Å². The van der Waals surface area contributed by atoms with Crippen LogP contribution in [0.2, 0.25) is 0 Å². The van der Waals surface area contributed by atoms with Crippen molar-refractivity contribution in [3.63, 3.8) is 0 Å². The van der Waals surface area contributed by atoms with Crippen molar-refractivity contribution < 1.29 is 4.57 Å². The number of thiazole rings is 1. The summed E-state index contributed by atoms with van der Waals surface area (Å²) in [5.74, 6) is 0. The van der Waals surface area contributed by atoms with Gasteiger partial charge in [-0.05, 0) is 18.6 Å². The van der Waals surface area contributed by atoms with Crippen LogP contribution in [0.25, 0.3) is 21.5 Å². The highest BCUT2D eigenvalue weighted by atomic mass is 32.1. The molecule has 0 spiro atoms. The molecule has 0 fully saturated rings. The molecule has 0 aliphatic rings. The molecule has 3 rings (SSSR count). The predicted octanol–water partition coefficient (Wildman–Crippen LogP) is 3.10. The van der Waals surface area contributed by atoms with Gasteiger partial charge in [0.2, 0.25) is 5.69 Å². The first-order valence-corrected chi connectivity index (χ1v) is 6.42. The zero-order chi connectivity index (χ0) is 11.8. The lowest BCUT2D eigenvalue weighted by Crippen LogP contribution is -2.30. The standard InChI is InChI=1S/C14H13N2S/c1-10-5-3-4-6-11(10)13-7-14-12(8-16(13)2)15-9-17-14/h3-9H,1-2H3/q+1. The highest BCUT2D eigenvalue weighted by Crippen LogP contribution is 2.24. The average Bonchev–Trinajstić information content (AvgIpc) is 2.76. The van der Waals surface area contributed by atoms with Gasteiger partial charge < -0.3 is 0 Å². The van der Waals surface area contributed by atoms with Crippen LogP contribution in [-0.2, 0) is 7.05 Å². The number of rotatable bonds is 1. The van der Waals surface area contributed by atoms with E-state index in [9.17, 15) is 0 Å². The molecule has 0 amide bonds. The van der Waals surface area contributed by atoms with Crippen molar-refractivity contribution in [1.82, 2.24) is 4.98 Å². The van der Waals surface area contributed by atoms with Gasteiger partial charge in [-0.3, -0.25) is 0 Å². The summed E-state index contributed by atoms with van der Waals surface area (Å²) in [5.41, 5.74) is 6.78. The number of nitrogens with zero attached hydrogens (tertiary/aromatic N) is 2. The first kappa shape index (κ1) is 10.4. The molecule has 2 heterocycles. The lowest BCUT2D eigenvalue weighted by Gasteiger charge is -2.03. The number of hydrogen-bond acceptors (Lipinski definition) is 2. The van der Waals surface area contributed by atoms with Crippen LogP contribution in [0.1, 0.15) is 5.56 Å². The number of pyridine rings is 1. The summed E-state index contributed by atoms with van der Waals surface area (Å²) in [4.78, 5) is 4.33. The second-order valence-electron chi connectivity index (χ2n) is 4.19. The van der Waals surface area contributed by atoms with E-state index in [0.29, 0.717) is 0 Å². The Hall–Kier alpha value is -1.74. The van der Waals surface area contributed by atoms with Gasteiger partial charge in [-0.2, -0.15) is 4.57 Å². The van der Waals surface area contributed by atoms with E-state index in [-0.39, 0.29) is 0 Å². The van der Waals surface area contributed by atoms with Crippen LogP contribution < -0.4 is 4.57 Å². The molecule has 1 aromatic carbocycles. The Kier molecular flexibility index (Phi) is 2.41. The van der Waals surface area contributed by atoms with Crippen LogP contribution in [0.15, 0.2) is 42.0 Å². The molecular formula is C14H13N2S+. The van der Waals surface area contributed by atoms with Gasteiger partial charge in [0.15, 0.2) is 6.20 Å². The van der Waals surface area contributed by atoms with Gasteiger partial charge in [0.1, 0.15) is 12.6 Å². The van der Waals surface area contributed by atoms with E-state index in [1.807, 2.05) is 5.51 Å². The summed E-state index contributed by atoms with van der Waals surface area (Å²) in [6.07, 6.45) is 2.09. The Morgan fingerprint density at radius 3 is 2.88 bits per heavy atom. The number of hydrogen-bond donors (Lipinski definition) is 0. The number of aromatic nitrogens is 2. The Morgan fingerprint density at radius 2 is 2.06 bits per heavy atom. The number of benzene rings is 1. The molecule has 0 atom stereocenters. The normalized spacial score (nSPS) is 10.9. The monoisotopic (exact) mass is 241 g/mol. The van der Waals surface area contributed by atoms with E-state index in [1.54, 1.807) is 11.3 Å². The predicted molar refractivity (Wildman–Crippen MR) is 71.0 cm³/mol. The Morgan fingerprint density at radius 1 is 1.24 bits per heavy atom. The van der Waals surface area contributed by atoms with E-state index >= 15 is 0 Å². The third-order valence-corrected chi connectivity index (χ3v) is 3.80. The minimum Gasteiger partial charge on any atom is -0.238 e. The maximum Gasteiger partial charge on any atom is 0.214 e. The summed E-state index contributed by atoms with van der Waals surface area (Å²) < 4.78 is 3.38. The molecule has 3 heteroatoms. The van der Waals surface area contributed by atoms with Gasteiger partial charge in [0.05, 0.1) is 10.2 Å². The summed E-state index contributed by atoms with van der Waals surface area (Å²) >= 11 is 1.69. The second-order valence-corrected chi connectivity index (χ2v) is 5.07. The maximum absolute atomic E-state index is 4.33. The second kappa shape index (κ2) is 3.93. The van der Waals surface area contributed by atoms with Crippen LogP contribution in [0, 0.1) is 6.92 Å². The zero-order valence-corrected chi connectivity index (χ0v) is 10.7. The van der Waals surface area contributed by atoms with Crippen LogP contribution in [-0.4, -0.2) is 4.98 Å². The minimum absolute atomic E-state index is 1.06. The van der Waals surface area contributed by atoms with Crippen LogP contribution in [0.4, 0.5) is 0 Å². The molecular weight excluding hydrogens is 228 g/mol. The van der Waals surface area contributed by atoms with Crippen molar-refractivity contribution in [3.8, 4) is 11.3 Å². The molecule has 0 aliphatic carbocycles. The highest BCUT2D eigenvalue weighted by Gasteiger charge is 2.14. The Labute approximate surface area is 104 Å². The molecule has 0 radical (unpaired) electrons. The van der Waals surface area contributed by atoms with E-state index in [1.165, 1.54) is 21.5 Å². The van der Waals surface area contributed by atoms with Crippen molar-refractivity contribution in [1.29, 1.82) is 0 Å². The SMILES string of the molecule is Cc1ccccc1-c1cc2scnc2c[n+]1C. The average molecular weight is 241 g/mol. The van der Waals surface area contributed by atoms with Gasteiger partial charge in [-0.25, -0.2) is 4.98 Å². The molecule has 0 unspecified atom stereocenters. The van der Waals surface area contributed by atoms with E-state index in [2.05, 4.69) is 60.1 Å². The minimum atomic E-state index is 1.06. The third kappa shape index (κ3) is 1.72. The fourth-order valence-electron chi connectivity index (χ4n) is 2.08. The number of fused-ring (bicyclic) bond motifs is 1. The molecule has 0 N–H and O–H groups in total. The Bertz CT molecular complexity index is 686. The van der Waals surface area contributed by atoms with Gasteiger partial charge in [0, 0.05) is 11.6 Å². The largest absolute Gasteiger partial charge is 0.238 e. The van der Waals surface area contributed by atoms with Crippen molar-refractivity contribution in [2.75, 3.05) is 0 Å². The summed E-state index contributed by atoms with van der Waals surface area (Å²) in [7, 11) is 2.07. The molecule has 84 valence electrons. The molecule has 0 aliphatic heterocycles. The zero-order valence-electron chi connectivity index (χ0n) is 9.84. The topological polar surface area (TPSA) is 16.8 Å². The maximum atomic E-state index is 4.33. The van der Waals surface area contributed by atoms with Gasteiger partial charge >= 0.3 is 0 Å². The first-order chi connectivity index (χ1) is 8.25. The van der Waals surface area contributed by atoms with Crippen LogP contribution >= 0.6 is 11.3 Å². The first-order valence-electron chi connectivity index (χ1n) is 5.54. The summed E-state index contributed by atoms with van der Waals surface area (Å²) in [6.45, 7) is 2.15. The lowest BCUT2D eigenvalue weighted by molar-refractivity contribution is -0.659. The third-order valence-electron chi connectivity index (χ3n) is 3.01. The van der Waals surface area contributed by atoms with E-state index in [0.717, 1.165) is 5.52 Å². The highest BCUT2D eigenvalue weighted by molar-refractivity contribution is 7.16. The van der Waals surface area contributed by atoms with Gasteiger partial charge in [-0.1, -0.05) is 18.2 Å². The molecule has 2 nitrogen and oxygen atoms in total. The summed E-state index contributed by atoms with van der Waals surface area (Å²) in [6, 6.07) is 10.7. The van der Waals surface area contributed by atoms with Crippen LogP contribution in [0.5, 0.6) is 0 Å². The van der Waals surface area contributed by atoms with Crippen molar-refractivity contribution in [2.24, 2.45) is 7.05 Å². The lowest BCUT2D eigenvalue weighted by atomic mass is 10.1.